The summed E-state index contributed by atoms with van der Waals surface area (Å²) in [6, 6.07) is 5.07. The number of nitrogens with one attached hydrogen (secondary N) is 1. The van der Waals surface area contributed by atoms with E-state index < -0.39 is 0 Å². The topological polar surface area (TPSA) is 21.3 Å². The number of ether oxygens (including phenoxy) is 1. The minimum absolute atomic E-state index is 0.0673. The van der Waals surface area contributed by atoms with E-state index in [4.69, 9.17) is 4.74 Å². The molecule has 1 aromatic carbocycles. The third kappa shape index (κ3) is 4.27. The SMILES string of the molecule is CC(C)(C)NCC1CCCOC1c1cc(Br)ccc1F. The van der Waals surface area contributed by atoms with E-state index in [-0.39, 0.29) is 17.5 Å². The van der Waals surface area contributed by atoms with Crippen LogP contribution >= 0.6 is 15.9 Å². The molecule has 1 fully saturated rings. The van der Waals surface area contributed by atoms with Gasteiger partial charge in [-0.1, -0.05) is 15.9 Å². The minimum atomic E-state index is -0.180. The van der Waals surface area contributed by atoms with Crippen molar-refractivity contribution in [1.82, 2.24) is 5.32 Å². The van der Waals surface area contributed by atoms with Crippen LogP contribution in [-0.2, 0) is 4.74 Å². The van der Waals surface area contributed by atoms with Crippen LogP contribution in [-0.4, -0.2) is 18.7 Å². The lowest BCUT2D eigenvalue weighted by Gasteiger charge is -2.34. The number of rotatable bonds is 3. The predicted octanol–water partition coefficient (Wildman–Crippen LogP) is 4.44. The van der Waals surface area contributed by atoms with E-state index in [1.807, 2.05) is 6.07 Å². The lowest BCUT2D eigenvalue weighted by atomic mass is 9.88. The summed E-state index contributed by atoms with van der Waals surface area (Å²) in [4.78, 5) is 0. The Balaban J connectivity index is 2.16. The zero-order valence-electron chi connectivity index (χ0n) is 12.4. The summed E-state index contributed by atoms with van der Waals surface area (Å²) in [6.45, 7) is 7.99. The molecular formula is C16H23BrFNO. The summed E-state index contributed by atoms with van der Waals surface area (Å²) in [5.41, 5.74) is 0.734. The summed E-state index contributed by atoms with van der Waals surface area (Å²) in [5, 5.41) is 3.51. The van der Waals surface area contributed by atoms with Crippen molar-refractivity contribution >= 4 is 15.9 Å². The molecule has 1 aromatic rings. The Labute approximate surface area is 129 Å². The largest absolute Gasteiger partial charge is 0.373 e. The van der Waals surface area contributed by atoms with Crippen molar-refractivity contribution in [2.24, 2.45) is 5.92 Å². The molecule has 2 unspecified atom stereocenters. The van der Waals surface area contributed by atoms with Crippen LogP contribution in [0.2, 0.25) is 0 Å². The lowest BCUT2D eigenvalue weighted by molar-refractivity contribution is -0.0311. The van der Waals surface area contributed by atoms with E-state index in [2.05, 4.69) is 42.0 Å². The average Bonchev–Trinajstić information content (AvgIpc) is 2.39. The van der Waals surface area contributed by atoms with E-state index in [0.29, 0.717) is 18.1 Å². The van der Waals surface area contributed by atoms with E-state index in [0.717, 1.165) is 23.9 Å². The molecule has 1 saturated heterocycles. The van der Waals surface area contributed by atoms with Gasteiger partial charge in [0.25, 0.3) is 0 Å². The van der Waals surface area contributed by atoms with Crippen LogP contribution in [0.25, 0.3) is 0 Å². The number of benzene rings is 1. The molecule has 2 rings (SSSR count). The number of hydrogen-bond donors (Lipinski definition) is 1. The van der Waals surface area contributed by atoms with Crippen LogP contribution in [0.5, 0.6) is 0 Å². The second kappa shape index (κ2) is 6.54. The maximum absolute atomic E-state index is 14.1. The zero-order chi connectivity index (χ0) is 14.8. The molecule has 112 valence electrons. The van der Waals surface area contributed by atoms with Gasteiger partial charge in [0.05, 0.1) is 6.10 Å². The second-order valence-corrected chi connectivity index (χ2v) is 7.41. The van der Waals surface area contributed by atoms with Crippen molar-refractivity contribution in [3.8, 4) is 0 Å². The molecule has 2 atom stereocenters. The highest BCUT2D eigenvalue weighted by Crippen LogP contribution is 2.35. The molecule has 1 aliphatic heterocycles. The first-order valence-corrected chi connectivity index (χ1v) is 7.98. The molecule has 20 heavy (non-hydrogen) atoms. The monoisotopic (exact) mass is 343 g/mol. The van der Waals surface area contributed by atoms with Crippen molar-refractivity contribution in [1.29, 1.82) is 0 Å². The summed E-state index contributed by atoms with van der Waals surface area (Å²) < 4.78 is 20.9. The molecule has 0 amide bonds. The molecule has 0 radical (unpaired) electrons. The fourth-order valence-corrected chi connectivity index (χ4v) is 2.94. The summed E-state index contributed by atoms with van der Waals surface area (Å²) in [6.07, 6.45) is 1.96. The van der Waals surface area contributed by atoms with Crippen LogP contribution in [0.3, 0.4) is 0 Å². The highest BCUT2D eigenvalue weighted by atomic mass is 79.9. The Morgan fingerprint density at radius 1 is 1.40 bits per heavy atom. The minimum Gasteiger partial charge on any atom is -0.373 e. The van der Waals surface area contributed by atoms with Crippen molar-refractivity contribution < 1.29 is 9.13 Å². The fraction of sp³-hybridized carbons (Fsp3) is 0.625. The van der Waals surface area contributed by atoms with Crippen molar-refractivity contribution in [2.45, 2.75) is 45.3 Å². The summed E-state index contributed by atoms with van der Waals surface area (Å²) >= 11 is 3.42. The quantitative estimate of drug-likeness (QED) is 0.875. The molecule has 2 nitrogen and oxygen atoms in total. The Bertz CT molecular complexity index is 458. The van der Waals surface area contributed by atoms with Crippen molar-refractivity contribution in [2.75, 3.05) is 13.2 Å². The molecule has 4 heteroatoms. The van der Waals surface area contributed by atoms with Crippen LogP contribution in [0.15, 0.2) is 22.7 Å². The third-order valence-electron chi connectivity index (χ3n) is 3.60. The van der Waals surface area contributed by atoms with Gasteiger partial charge < -0.3 is 10.1 Å². The van der Waals surface area contributed by atoms with Gasteiger partial charge in [-0.2, -0.15) is 0 Å². The molecule has 1 heterocycles. The van der Waals surface area contributed by atoms with Gasteiger partial charge in [0.15, 0.2) is 0 Å². The average molecular weight is 344 g/mol. The number of halogens is 2. The zero-order valence-corrected chi connectivity index (χ0v) is 14.0. The first-order valence-electron chi connectivity index (χ1n) is 7.18. The van der Waals surface area contributed by atoms with Crippen LogP contribution in [0, 0.1) is 11.7 Å². The Hall–Kier alpha value is -0.450. The highest BCUT2D eigenvalue weighted by molar-refractivity contribution is 9.10. The van der Waals surface area contributed by atoms with Gasteiger partial charge in [0.2, 0.25) is 0 Å². The van der Waals surface area contributed by atoms with Gasteiger partial charge in [-0.25, -0.2) is 4.39 Å². The smallest absolute Gasteiger partial charge is 0.129 e. The van der Waals surface area contributed by atoms with Gasteiger partial charge in [0, 0.05) is 34.6 Å². The molecule has 0 bridgehead atoms. The van der Waals surface area contributed by atoms with E-state index in [1.54, 1.807) is 6.07 Å². The first kappa shape index (κ1) is 15.9. The molecule has 1 aliphatic rings. The Kier molecular flexibility index (Phi) is 5.21. The van der Waals surface area contributed by atoms with Gasteiger partial charge in [-0.05, 0) is 51.8 Å². The lowest BCUT2D eigenvalue weighted by Crippen LogP contribution is -2.41. The predicted molar refractivity (Wildman–Crippen MR) is 83.3 cm³/mol. The van der Waals surface area contributed by atoms with Crippen LogP contribution in [0.1, 0.15) is 45.3 Å². The third-order valence-corrected chi connectivity index (χ3v) is 4.10. The molecule has 0 aliphatic carbocycles. The molecule has 0 spiro atoms. The Morgan fingerprint density at radius 2 is 2.15 bits per heavy atom. The molecule has 0 saturated carbocycles. The fourth-order valence-electron chi connectivity index (χ4n) is 2.57. The second-order valence-electron chi connectivity index (χ2n) is 6.49. The van der Waals surface area contributed by atoms with E-state index in [1.165, 1.54) is 6.07 Å². The standard InChI is InChI=1S/C16H23BrFNO/c1-16(2,3)19-10-11-5-4-8-20-15(11)13-9-12(17)6-7-14(13)18/h6-7,9,11,15,19H,4-5,8,10H2,1-3H3. The molecule has 1 N–H and O–H groups in total. The number of hydrogen-bond acceptors (Lipinski definition) is 2. The van der Waals surface area contributed by atoms with Crippen LogP contribution < -0.4 is 5.32 Å². The Morgan fingerprint density at radius 3 is 2.85 bits per heavy atom. The van der Waals surface area contributed by atoms with Crippen molar-refractivity contribution in [3.63, 3.8) is 0 Å². The summed E-state index contributed by atoms with van der Waals surface area (Å²) in [5.74, 6) is 0.132. The van der Waals surface area contributed by atoms with E-state index in [9.17, 15) is 4.39 Å². The van der Waals surface area contributed by atoms with Gasteiger partial charge in [0.1, 0.15) is 5.82 Å². The normalized spacial score (nSPS) is 23.9. The first-order chi connectivity index (χ1) is 9.37. The van der Waals surface area contributed by atoms with Crippen LogP contribution in [0.4, 0.5) is 4.39 Å². The van der Waals surface area contributed by atoms with Gasteiger partial charge >= 0.3 is 0 Å². The van der Waals surface area contributed by atoms with Gasteiger partial charge in [-0.3, -0.25) is 0 Å². The molecular weight excluding hydrogens is 321 g/mol. The highest BCUT2D eigenvalue weighted by Gasteiger charge is 2.30. The molecule has 0 aromatic heterocycles. The van der Waals surface area contributed by atoms with E-state index >= 15 is 0 Å². The summed E-state index contributed by atoms with van der Waals surface area (Å²) in [7, 11) is 0. The maximum atomic E-state index is 14.1. The van der Waals surface area contributed by atoms with Crippen molar-refractivity contribution in [3.05, 3.63) is 34.1 Å². The maximum Gasteiger partial charge on any atom is 0.129 e. The van der Waals surface area contributed by atoms with Gasteiger partial charge in [-0.15, -0.1) is 0 Å².